The lowest BCUT2D eigenvalue weighted by Gasteiger charge is -2.25. The van der Waals surface area contributed by atoms with E-state index in [4.69, 9.17) is 9.40 Å². The average molecular weight is 528 g/mol. The maximum atomic E-state index is 9.72. The summed E-state index contributed by atoms with van der Waals surface area (Å²) in [6.07, 6.45) is 0.726. The largest absolute Gasteiger partial charge is 0.508 e. The maximum Gasteiger partial charge on any atom is 0.199 e. The van der Waals surface area contributed by atoms with E-state index in [1.54, 1.807) is 0 Å². The molecule has 0 aliphatic heterocycles. The molecule has 1 aromatic heterocycles. The first-order valence-electron chi connectivity index (χ1n) is 14.1. The minimum atomic E-state index is 0.0169. The number of rotatable bonds is 2. The number of phenols is 1. The van der Waals surface area contributed by atoms with E-state index in [0.717, 1.165) is 23.4 Å². The molecule has 39 heavy (non-hydrogen) atoms. The van der Waals surface area contributed by atoms with Crippen molar-refractivity contribution in [3.05, 3.63) is 94.4 Å². The second kappa shape index (κ2) is 10.8. The first-order chi connectivity index (χ1) is 17.7. The van der Waals surface area contributed by atoms with Crippen LogP contribution in [0.5, 0.6) is 5.75 Å². The van der Waals surface area contributed by atoms with Crippen molar-refractivity contribution in [1.29, 1.82) is 0 Å². The minimum Gasteiger partial charge on any atom is -0.508 e. The van der Waals surface area contributed by atoms with Gasteiger partial charge in [0.25, 0.3) is 0 Å². The smallest absolute Gasteiger partial charge is 0.199 e. The molecule has 0 saturated heterocycles. The molecule has 3 heteroatoms. The maximum absolute atomic E-state index is 9.72. The van der Waals surface area contributed by atoms with Gasteiger partial charge in [-0.15, -0.1) is 0 Å². The first-order valence-corrected chi connectivity index (χ1v) is 14.1. The predicted octanol–water partition coefficient (Wildman–Crippen LogP) is 10.0. The van der Waals surface area contributed by atoms with E-state index in [0.29, 0.717) is 5.75 Å². The van der Waals surface area contributed by atoms with Crippen molar-refractivity contribution in [2.75, 3.05) is 0 Å². The lowest BCUT2D eigenvalue weighted by molar-refractivity contribution is 0.466. The molecule has 0 fully saturated rings. The molecule has 0 bridgehead atoms. The molecule has 0 unspecified atom stereocenters. The Kier molecular flexibility index (Phi) is 8.46. The summed E-state index contributed by atoms with van der Waals surface area (Å²) in [5.41, 5.74) is 8.31. The Morgan fingerprint density at radius 2 is 1.10 bits per heavy atom. The van der Waals surface area contributed by atoms with Gasteiger partial charge in [-0.05, 0) is 62.1 Å². The molecule has 0 saturated carbocycles. The van der Waals surface area contributed by atoms with Crippen molar-refractivity contribution >= 4 is 11.1 Å². The van der Waals surface area contributed by atoms with Gasteiger partial charge >= 0.3 is 0 Å². The van der Waals surface area contributed by atoms with Gasteiger partial charge in [0.05, 0.1) is 0 Å². The number of hydrogen-bond acceptors (Lipinski definition) is 3. The van der Waals surface area contributed by atoms with Gasteiger partial charge in [-0.25, -0.2) is 4.98 Å². The van der Waals surface area contributed by atoms with Gasteiger partial charge in [-0.1, -0.05) is 126 Å². The number of phenolic OH excluding ortho intramolecular Hbond substituents is 1. The lowest BCUT2D eigenvalue weighted by Crippen LogP contribution is -2.16. The molecule has 0 spiro atoms. The summed E-state index contributed by atoms with van der Waals surface area (Å²) in [6, 6.07) is 20.7. The van der Waals surface area contributed by atoms with Crippen LogP contribution in [0.1, 0.15) is 117 Å². The average Bonchev–Trinajstić information content (AvgIpc) is 3.19. The van der Waals surface area contributed by atoms with E-state index in [1.165, 1.54) is 27.8 Å². The fourth-order valence-electron chi connectivity index (χ4n) is 4.39. The SMILES string of the molecule is CC(C)(C)c1cc(C(C)(C)C)c2oc(Cc3ccccc3)nc2c1.CC(C)(C)c1cc(O)cc(C(C)(C)C)c1. The third-order valence-electron chi connectivity index (χ3n) is 7.06. The number of oxazole rings is 1. The highest BCUT2D eigenvalue weighted by atomic mass is 16.3. The number of nitrogens with zero attached hydrogens (tertiary/aromatic N) is 1. The van der Waals surface area contributed by atoms with Crippen LogP contribution in [0.2, 0.25) is 0 Å². The molecular formula is C36H49NO2. The number of hydrogen-bond donors (Lipinski definition) is 1. The Labute approximate surface area is 236 Å². The third kappa shape index (κ3) is 7.97. The van der Waals surface area contributed by atoms with Gasteiger partial charge in [-0.2, -0.15) is 0 Å². The second-order valence-corrected chi connectivity index (χ2v) is 14.9. The van der Waals surface area contributed by atoms with E-state index in [9.17, 15) is 5.11 Å². The molecular weight excluding hydrogens is 478 g/mol. The second-order valence-electron chi connectivity index (χ2n) is 14.9. The molecule has 1 N–H and O–H groups in total. The van der Waals surface area contributed by atoms with E-state index < -0.39 is 0 Å². The summed E-state index contributed by atoms with van der Waals surface area (Å²) in [4.78, 5) is 4.79. The van der Waals surface area contributed by atoms with Gasteiger partial charge in [-0.3, -0.25) is 0 Å². The molecule has 0 radical (unpaired) electrons. The van der Waals surface area contributed by atoms with Crippen LogP contribution in [0, 0.1) is 0 Å². The van der Waals surface area contributed by atoms with Crippen LogP contribution in [0.4, 0.5) is 0 Å². The van der Waals surface area contributed by atoms with Crippen LogP contribution >= 0.6 is 0 Å². The van der Waals surface area contributed by atoms with Crippen molar-refractivity contribution in [1.82, 2.24) is 4.98 Å². The fraction of sp³-hybridized carbons (Fsp3) is 0.472. The monoisotopic (exact) mass is 527 g/mol. The van der Waals surface area contributed by atoms with Crippen molar-refractivity contribution < 1.29 is 9.52 Å². The summed E-state index contributed by atoms with van der Waals surface area (Å²) in [7, 11) is 0. The highest BCUT2D eigenvalue weighted by Crippen LogP contribution is 2.36. The standard InChI is InChI=1S/C22H27NO.C14H22O/c1-21(2,3)16-13-17(22(4,5)6)20-18(14-16)23-19(24-20)12-15-10-8-7-9-11-15;1-13(2,3)10-7-11(14(4,5)6)9-12(15)8-10/h7-11,13-14H,12H2,1-6H3;7-9,15H,1-6H3. The van der Waals surface area contributed by atoms with Crippen LogP contribution in [-0.4, -0.2) is 10.1 Å². The van der Waals surface area contributed by atoms with Crippen LogP contribution in [0.25, 0.3) is 11.1 Å². The quantitative estimate of drug-likeness (QED) is 0.282. The normalized spacial score (nSPS) is 12.8. The zero-order valence-corrected chi connectivity index (χ0v) is 26.3. The van der Waals surface area contributed by atoms with Gasteiger partial charge in [0.2, 0.25) is 0 Å². The Bertz CT molecular complexity index is 1370. The number of aromatic hydroxyl groups is 1. The lowest BCUT2D eigenvalue weighted by atomic mass is 9.80. The number of fused-ring (bicyclic) bond motifs is 1. The summed E-state index contributed by atoms with van der Waals surface area (Å²) >= 11 is 0. The van der Waals surface area contributed by atoms with Gasteiger partial charge < -0.3 is 9.52 Å². The number of benzene rings is 3. The molecule has 0 amide bonds. The molecule has 3 aromatic carbocycles. The molecule has 0 atom stereocenters. The van der Waals surface area contributed by atoms with Crippen molar-refractivity contribution in [2.45, 2.75) is 111 Å². The number of aromatic nitrogens is 1. The summed E-state index contributed by atoms with van der Waals surface area (Å²) < 4.78 is 6.19. The zero-order chi connectivity index (χ0) is 29.4. The Hall–Kier alpha value is -3.07. The third-order valence-corrected chi connectivity index (χ3v) is 7.06. The predicted molar refractivity (Wildman–Crippen MR) is 166 cm³/mol. The highest BCUT2D eigenvalue weighted by molar-refractivity contribution is 5.79. The minimum absolute atomic E-state index is 0.0169. The van der Waals surface area contributed by atoms with Crippen LogP contribution in [0.15, 0.2) is 65.1 Å². The van der Waals surface area contributed by atoms with Gasteiger partial charge in [0, 0.05) is 12.0 Å². The molecule has 0 aliphatic carbocycles. The molecule has 1 heterocycles. The fourth-order valence-corrected chi connectivity index (χ4v) is 4.39. The van der Waals surface area contributed by atoms with Crippen LogP contribution in [0.3, 0.4) is 0 Å². The Morgan fingerprint density at radius 1 is 0.615 bits per heavy atom. The topological polar surface area (TPSA) is 46.3 Å². The van der Waals surface area contributed by atoms with E-state index in [1.807, 2.05) is 18.2 Å². The molecule has 0 aliphatic rings. The zero-order valence-electron chi connectivity index (χ0n) is 26.3. The van der Waals surface area contributed by atoms with Crippen LogP contribution < -0.4 is 0 Å². The van der Waals surface area contributed by atoms with E-state index in [2.05, 4.69) is 126 Å². The molecule has 3 nitrogen and oxygen atoms in total. The Morgan fingerprint density at radius 3 is 1.56 bits per heavy atom. The van der Waals surface area contributed by atoms with Crippen LogP contribution in [-0.2, 0) is 28.1 Å². The van der Waals surface area contributed by atoms with Crippen molar-refractivity contribution in [3.63, 3.8) is 0 Å². The van der Waals surface area contributed by atoms with Crippen molar-refractivity contribution in [3.8, 4) is 5.75 Å². The van der Waals surface area contributed by atoms with E-state index >= 15 is 0 Å². The van der Waals surface area contributed by atoms with Crippen molar-refractivity contribution in [2.24, 2.45) is 0 Å². The molecule has 4 rings (SSSR count). The molecule has 210 valence electrons. The van der Waals surface area contributed by atoms with E-state index in [-0.39, 0.29) is 21.7 Å². The summed E-state index contributed by atoms with van der Waals surface area (Å²) in [5, 5.41) is 9.72. The highest BCUT2D eigenvalue weighted by Gasteiger charge is 2.25. The Balaban J connectivity index is 0.000000242. The molecule has 4 aromatic rings. The first kappa shape index (κ1) is 30.5. The van der Waals surface area contributed by atoms with Gasteiger partial charge in [0.15, 0.2) is 11.5 Å². The van der Waals surface area contributed by atoms with Gasteiger partial charge in [0.1, 0.15) is 11.3 Å². The summed E-state index contributed by atoms with van der Waals surface area (Å²) in [6.45, 7) is 26.4. The summed E-state index contributed by atoms with van der Waals surface area (Å²) in [5.74, 6) is 1.15.